The lowest BCUT2D eigenvalue weighted by Gasteiger charge is -2.45. The van der Waals surface area contributed by atoms with Gasteiger partial charge in [-0.1, -0.05) is 25.1 Å². The van der Waals surface area contributed by atoms with Crippen molar-refractivity contribution >= 4 is 11.8 Å². The third-order valence-corrected chi connectivity index (χ3v) is 5.54. The van der Waals surface area contributed by atoms with E-state index in [1.54, 1.807) is 7.11 Å². The molecular weight excluding hydrogens is 270 g/mol. The summed E-state index contributed by atoms with van der Waals surface area (Å²) < 4.78 is 5.39. The maximum absolute atomic E-state index is 10.6. The van der Waals surface area contributed by atoms with E-state index in [0.717, 1.165) is 29.9 Å². The van der Waals surface area contributed by atoms with Crippen LogP contribution in [-0.4, -0.2) is 35.4 Å². The molecule has 0 radical (unpaired) electrons. The Kier molecular flexibility index (Phi) is 5.35. The zero-order chi connectivity index (χ0) is 14.6. The van der Waals surface area contributed by atoms with Gasteiger partial charge in [-0.15, -0.1) is 0 Å². The summed E-state index contributed by atoms with van der Waals surface area (Å²) in [5, 5.41) is 14.4. The molecule has 2 N–H and O–H groups in total. The van der Waals surface area contributed by atoms with Crippen molar-refractivity contribution < 1.29 is 9.84 Å². The van der Waals surface area contributed by atoms with E-state index in [0.29, 0.717) is 11.8 Å². The Bertz CT molecular complexity index is 440. The van der Waals surface area contributed by atoms with Crippen LogP contribution in [0, 0.1) is 0 Å². The molecule has 112 valence electrons. The fourth-order valence-corrected chi connectivity index (χ4v) is 3.90. The van der Waals surface area contributed by atoms with Gasteiger partial charge in [0, 0.05) is 23.4 Å². The highest BCUT2D eigenvalue weighted by molar-refractivity contribution is 8.00. The molecule has 0 heterocycles. The second kappa shape index (κ2) is 6.83. The lowest BCUT2D eigenvalue weighted by molar-refractivity contribution is -0.0250. The van der Waals surface area contributed by atoms with E-state index in [9.17, 15) is 5.11 Å². The maximum Gasteiger partial charge on any atom is 0.123 e. The molecule has 3 nitrogen and oxygen atoms in total. The normalized spacial score (nSPS) is 26.9. The molecule has 0 unspecified atom stereocenters. The molecule has 1 aliphatic carbocycles. The zero-order valence-corrected chi connectivity index (χ0v) is 13.4. The van der Waals surface area contributed by atoms with Crippen LogP contribution < -0.4 is 10.1 Å². The molecule has 2 rings (SSSR count). The third kappa shape index (κ3) is 3.30. The number of benzene rings is 1. The molecule has 1 aliphatic rings. The van der Waals surface area contributed by atoms with Gasteiger partial charge in [-0.25, -0.2) is 0 Å². The van der Waals surface area contributed by atoms with E-state index >= 15 is 0 Å². The first-order valence-electron chi connectivity index (χ1n) is 7.31. The second-order valence-corrected chi connectivity index (χ2v) is 6.91. The Morgan fingerprint density at radius 3 is 2.85 bits per heavy atom. The van der Waals surface area contributed by atoms with Crippen molar-refractivity contribution in [3.63, 3.8) is 0 Å². The van der Waals surface area contributed by atoms with E-state index in [2.05, 4.69) is 25.2 Å². The minimum atomic E-state index is -0.545. The topological polar surface area (TPSA) is 41.5 Å². The minimum Gasteiger partial charge on any atom is -0.496 e. The molecular formula is C16H25NO2S. The standard InChI is InChI=1S/C16H25NO2S/c1-4-20-15-9-10-16(15,18)11-17-12(2)13-7-5-6-8-14(13)19-3/h5-8,12,15,17-18H,4,9-11H2,1-3H3/t12-,15+,16-/m0/s1. The summed E-state index contributed by atoms with van der Waals surface area (Å²) in [6, 6.07) is 8.20. The van der Waals surface area contributed by atoms with Crippen LogP contribution in [0.15, 0.2) is 24.3 Å². The van der Waals surface area contributed by atoms with Crippen molar-refractivity contribution in [3.8, 4) is 5.75 Å². The van der Waals surface area contributed by atoms with E-state index < -0.39 is 5.60 Å². The highest BCUT2D eigenvalue weighted by atomic mass is 32.2. The van der Waals surface area contributed by atoms with Crippen LogP contribution in [0.1, 0.15) is 38.3 Å². The van der Waals surface area contributed by atoms with E-state index in [1.807, 2.05) is 30.0 Å². The zero-order valence-electron chi connectivity index (χ0n) is 12.6. The van der Waals surface area contributed by atoms with Gasteiger partial charge in [0.2, 0.25) is 0 Å². The molecule has 0 spiro atoms. The van der Waals surface area contributed by atoms with Gasteiger partial charge in [0.25, 0.3) is 0 Å². The Morgan fingerprint density at radius 2 is 2.25 bits per heavy atom. The largest absolute Gasteiger partial charge is 0.496 e. The monoisotopic (exact) mass is 295 g/mol. The highest BCUT2D eigenvalue weighted by Crippen LogP contribution is 2.41. The van der Waals surface area contributed by atoms with Crippen molar-refractivity contribution in [3.05, 3.63) is 29.8 Å². The van der Waals surface area contributed by atoms with Gasteiger partial charge in [0.05, 0.1) is 12.7 Å². The predicted molar refractivity (Wildman–Crippen MR) is 85.5 cm³/mol. The summed E-state index contributed by atoms with van der Waals surface area (Å²) in [7, 11) is 1.69. The fraction of sp³-hybridized carbons (Fsp3) is 0.625. The molecule has 0 amide bonds. The summed E-state index contributed by atoms with van der Waals surface area (Å²) in [5.74, 6) is 1.96. The molecule has 1 saturated carbocycles. The molecule has 3 atom stereocenters. The lowest BCUT2D eigenvalue weighted by Crippen LogP contribution is -2.56. The molecule has 1 fully saturated rings. The van der Waals surface area contributed by atoms with Gasteiger partial charge in [0.15, 0.2) is 0 Å². The third-order valence-electron chi connectivity index (χ3n) is 4.13. The Balaban J connectivity index is 1.93. The van der Waals surface area contributed by atoms with Gasteiger partial charge in [-0.05, 0) is 31.6 Å². The smallest absolute Gasteiger partial charge is 0.123 e. The van der Waals surface area contributed by atoms with Crippen molar-refractivity contribution in [2.45, 2.75) is 43.6 Å². The van der Waals surface area contributed by atoms with Crippen molar-refractivity contribution in [2.75, 3.05) is 19.4 Å². The molecule has 0 aromatic heterocycles. The number of hydrogen-bond donors (Lipinski definition) is 2. The van der Waals surface area contributed by atoms with Crippen LogP contribution in [0.5, 0.6) is 5.75 Å². The number of nitrogens with one attached hydrogen (secondary N) is 1. The van der Waals surface area contributed by atoms with Crippen LogP contribution in [0.25, 0.3) is 0 Å². The van der Waals surface area contributed by atoms with Crippen molar-refractivity contribution in [2.24, 2.45) is 0 Å². The van der Waals surface area contributed by atoms with Crippen LogP contribution in [0.3, 0.4) is 0 Å². The number of thioether (sulfide) groups is 1. The summed E-state index contributed by atoms with van der Waals surface area (Å²) in [4.78, 5) is 0. The average Bonchev–Trinajstić information content (AvgIpc) is 2.48. The first-order valence-corrected chi connectivity index (χ1v) is 8.36. The summed E-state index contributed by atoms with van der Waals surface area (Å²) in [5.41, 5.74) is 0.592. The number of para-hydroxylation sites is 1. The molecule has 1 aromatic carbocycles. The van der Waals surface area contributed by atoms with Crippen LogP contribution in [-0.2, 0) is 0 Å². The highest BCUT2D eigenvalue weighted by Gasteiger charge is 2.45. The number of rotatable bonds is 7. The predicted octanol–water partition coefficient (Wildman–Crippen LogP) is 2.99. The molecule has 0 bridgehead atoms. The summed E-state index contributed by atoms with van der Waals surface area (Å²) >= 11 is 1.87. The molecule has 0 aliphatic heterocycles. The Hall–Kier alpha value is -0.710. The first kappa shape index (κ1) is 15.7. The van der Waals surface area contributed by atoms with Gasteiger partial charge >= 0.3 is 0 Å². The van der Waals surface area contributed by atoms with Crippen molar-refractivity contribution in [1.82, 2.24) is 5.32 Å². The number of methoxy groups -OCH3 is 1. The number of aliphatic hydroxyl groups is 1. The Labute approximate surface area is 126 Å². The number of ether oxygens (including phenoxy) is 1. The molecule has 20 heavy (non-hydrogen) atoms. The fourth-order valence-electron chi connectivity index (χ4n) is 2.70. The van der Waals surface area contributed by atoms with Crippen molar-refractivity contribution in [1.29, 1.82) is 0 Å². The SMILES string of the molecule is CCS[C@@H]1CC[C@]1(O)CN[C@@H](C)c1ccccc1OC. The average molecular weight is 295 g/mol. The Morgan fingerprint density at radius 1 is 1.50 bits per heavy atom. The van der Waals surface area contributed by atoms with E-state index in [-0.39, 0.29) is 6.04 Å². The minimum absolute atomic E-state index is 0.169. The van der Waals surface area contributed by atoms with Gasteiger partial charge in [-0.3, -0.25) is 0 Å². The second-order valence-electron chi connectivity index (χ2n) is 5.43. The summed E-state index contributed by atoms with van der Waals surface area (Å²) in [6.45, 7) is 4.90. The maximum atomic E-state index is 10.6. The van der Waals surface area contributed by atoms with E-state index in [4.69, 9.17) is 4.74 Å². The van der Waals surface area contributed by atoms with E-state index in [1.165, 1.54) is 0 Å². The van der Waals surface area contributed by atoms with Gasteiger partial charge in [0.1, 0.15) is 5.75 Å². The first-order chi connectivity index (χ1) is 9.60. The van der Waals surface area contributed by atoms with Crippen LogP contribution in [0.4, 0.5) is 0 Å². The van der Waals surface area contributed by atoms with Gasteiger partial charge in [-0.2, -0.15) is 11.8 Å². The van der Waals surface area contributed by atoms with Crippen LogP contribution >= 0.6 is 11.8 Å². The van der Waals surface area contributed by atoms with Gasteiger partial charge < -0.3 is 15.2 Å². The quantitative estimate of drug-likeness (QED) is 0.811. The van der Waals surface area contributed by atoms with Crippen LogP contribution in [0.2, 0.25) is 0 Å². The molecule has 1 aromatic rings. The number of hydrogen-bond acceptors (Lipinski definition) is 4. The summed E-state index contributed by atoms with van der Waals surface area (Å²) in [6.07, 6.45) is 2.02. The molecule has 4 heteroatoms. The lowest BCUT2D eigenvalue weighted by atomic mass is 9.79. The molecule has 0 saturated heterocycles.